The average Bonchev–Trinajstić information content (AvgIpc) is 3.17. The van der Waals surface area contributed by atoms with Crippen LogP contribution in [0.4, 0.5) is 13.2 Å². The number of ether oxygens (including phenoxy) is 1. The minimum atomic E-state index is -4.46. The summed E-state index contributed by atoms with van der Waals surface area (Å²) < 4.78 is 44.0. The number of halogens is 3. The predicted molar refractivity (Wildman–Crippen MR) is 85.5 cm³/mol. The van der Waals surface area contributed by atoms with Gasteiger partial charge in [-0.3, -0.25) is 15.0 Å². The number of hydrogen-bond acceptors (Lipinski definition) is 4. The third kappa shape index (κ3) is 3.74. The molecule has 142 valence electrons. The Morgan fingerprint density at radius 3 is 2.88 bits per heavy atom. The highest BCUT2D eigenvalue weighted by molar-refractivity contribution is 5.94. The molecule has 26 heavy (non-hydrogen) atoms. The molecule has 7 nitrogen and oxygen atoms in total. The van der Waals surface area contributed by atoms with E-state index >= 15 is 0 Å². The third-order valence-corrected chi connectivity index (χ3v) is 4.36. The Labute approximate surface area is 147 Å². The summed E-state index contributed by atoms with van der Waals surface area (Å²) in [6, 6.07) is 0. The summed E-state index contributed by atoms with van der Waals surface area (Å²) in [6.45, 7) is 4.05. The fourth-order valence-corrected chi connectivity index (χ4v) is 3.17. The second-order valence-corrected chi connectivity index (χ2v) is 6.38. The van der Waals surface area contributed by atoms with Gasteiger partial charge in [0.1, 0.15) is 5.69 Å². The van der Waals surface area contributed by atoms with Crippen molar-refractivity contribution in [3.63, 3.8) is 0 Å². The number of H-pyrrole nitrogens is 2. The van der Waals surface area contributed by atoms with Crippen molar-refractivity contribution in [1.29, 1.82) is 0 Å². The molecule has 0 saturated heterocycles. The molecule has 0 bridgehead atoms. The summed E-state index contributed by atoms with van der Waals surface area (Å²) in [4.78, 5) is 12.3. The monoisotopic (exact) mass is 371 g/mol. The van der Waals surface area contributed by atoms with E-state index in [0.717, 1.165) is 17.5 Å². The number of amides is 1. The van der Waals surface area contributed by atoms with Crippen LogP contribution in [0.2, 0.25) is 0 Å². The highest BCUT2D eigenvalue weighted by Crippen LogP contribution is 2.31. The molecule has 2 atom stereocenters. The fourth-order valence-electron chi connectivity index (χ4n) is 3.17. The topological polar surface area (TPSA) is 95.7 Å². The summed E-state index contributed by atoms with van der Waals surface area (Å²) in [5.41, 5.74) is 1.20. The lowest BCUT2D eigenvalue weighted by Gasteiger charge is -2.25. The Morgan fingerprint density at radius 1 is 1.38 bits per heavy atom. The maximum atomic E-state index is 12.8. The zero-order chi connectivity index (χ0) is 18.9. The van der Waals surface area contributed by atoms with Gasteiger partial charge in [0, 0.05) is 24.1 Å². The van der Waals surface area contributed by atoms with E-state index in [0.29, 0.717) is 18.5 Å². The Morgan fingerprint density at radius 2 is 2.15 bits per heavy atom. The zero-order valence-electron chi connectivity index (χ0n) is 14.4. The molecule has 2 aromatic rings. The van der Waals surface area contributed by atoms with E-state index < -0.39 is 11.9 Å². The van der Waals surface area contributed by atoms with Crippen molar-refractivity contribution in [2.24, 2.45) is 0 Å². The Kier molecular flexibility index (Phi) is 5.03. The molecule has 3 rings (SSSR count). The van der Waals surface area contributed by atoms with Gasteiger partial charge in [-0.2, -0.15) is 23.4 Å². The van der Waals surface area contributed by atoms with E-state index in [4.69, 9.17) is 4.74 Å². The summed E-state index contributed by atoms with van der Waals surface area (Å²) in [6.07, 6.45) is -2.37. The van der Waals surface area contributed by atoms with Gasteiger partial charge in [0.05, 0.1) is 24.1 Å². The molecule has 10 heteroatoms. The molecule has 3 N–H and O–H groups in total. The van der Waals surface area contributed by atoms with E-state index in [9.17, 15) is 18.0 Å². The number of rotatable bonds is 5. The fraction of sp³-hybridized carbons (Fsp3) is 0.562. The Hall–Kier alpha value is -2.36. The van der Waals surface area contributed by atoms with Gasteiger partial charge >= 0.3 is 6.18 Å². The molecule has 2 aromatic heterocycles. The highest BCUT2D eigenvalue weighted by atomic mass is 19.4. The second kappa shape index (κ2) is 7.10. The standard InChI is InChI=1S/C16H20F3N5O2/c1-8-6-11-12(9(2)26-8)22-23-13(11)15(25)20-5-3-4-10-7-21-24-14(10)16(17,18)19/h7-9H,3-6H2,1-2H3,(H,20,25)(H,21,24)(H,22,23)/t8-,9+/m1/s1. The van der Waals surface area contributed by atoms with Crippen molar-refractivity contribution in [3.8, 4) is 0 Å². The number of nitrogens with zero attached hydrogens (tertiary/aromatic N) is 2. The summed E-state index contributed by atoms with van der Waals surface area (Å²) >= 11 is 0. The van der Waals surface area contributed by atoms with Crippen LogP contribution < -0.4 is 5.32 Å². The minimum absolute atomic E-state index is 0.0106. The molecule has 1 amide bonds. The quantitative estimate of drug-likeness (QED) is 0.704. The number of aromatic amines is 2. The first-order chi connectivity index (χ1) is 12.3. The van der Waals surface area contributed by atoms with Crippen LogP contribution in [-0.4, -0.2) is 39.0 Å². The number of fused-ring (bicyclic) bond motifs is 1. The van der Waals surface area contributed by atoms with Gasteiger partial charge in [0.15, 0.2) is 5.69 Å². The number of carbonyl (C=O) groups is 1. The van der Waals surface area contributed by atoms with Crippen LogP contribution in [0.1, 0.15) is 59.4 Å². The van der Waals surface area contributed by atoms with Gasteiger partial charge in [-0.15, -0.1) is 0 Å². The van der Waals surface area contributed by atoms with Gasteiger partial charge < -0.3 is 10.1 Å². The molecule has 0 aromatic carbocycles. The van der Waals surface area contributed by atoms with Crippen LogP contribution in [0.5, 0.6) is 0 Å². The SMILES string of the molecule is C[C@@H]1Cc2c(C(=O)NCCCc3cn[nH]c3C(F)(F)F)n[nH]c2[C@H](C)O1. The van der Waals surface area contributed by atoms with Gasteiger partial charge in [0.2, 0.25) is 0 Å². The van der Waals surface area contributed by atoms with Gasteiger partial charge in [-0.25, -0.2) is 0 Å². The van der Waals surface area contributed by atoms with Gasteiger partial charge in [0.25, 0.3) is 5.91 Å². The Bertz CT molecular complexity index is 783. The first-order valence-corrected chi connectivity index (χ1v) is 8.37. The first-order valence-electron chi connectivity index (χ1n) is 8.37. The average molecular weight is 371 g/mol. The zero-order valence-corrected chi connectivity index (χ0v) is 14.4. The summed E-state index contributed by atoms with van der Waals surface area (Å²) in [7, 11) is 0. The number of alkyl halides is 3. The van der Waals surface area contributed by atoms with Gasteiger partial charge in [-0.05, 0) is 26.7 Å². The van der Waals surface area contributed by atoms with Crippen LogP contribution in [-0.2, 0) is 23.8 Å². The molecule has 3 heterocycles. The first kappa shape index (κ1) is 18.4. The number of carbonyl (C=O) groups excluding carboxylic acids is 1. The minimum Gasteiger partial charge on any atom is -0.369 e. The number of nitrogens with one attached hydrogen (secondary N) is 3. The predicted octanol–water partition coefficient (Wildman–Crippen LogP) is 2.54. The molecule has 0 unspecified atom stereocenters. The second-order valence-electron chi connectivity index (χ2n) is 6.38. The summed E-state index contributed by atoms with van der Waals surface area (Å²) in [5, 5.41) is 15.0. The molecule has 0 aliphatic carbocycles. The van der Waals surface area contributed by atoms with Crippen molar-refractivity contribution in [1.82, 2.24) is 25.7 Å². The molecule has 0 fully saturated rings. The largest absolute Gasteiger partial charge is 0.433 e. The normalized spacial score (nSPS) is 20.0. The van der Waals surface area contributed by atoms with Crippen molar-refractivity contribution in [2.45, 2.75) is 51.5 Å². The van der Waals surface area contributed by atoms with Crippen molar-refractivity contribution < 1.29 is 22.7 Å². The van der Waals surface area contributed by atoms with E-state index in [1.165, 1.54) is 0 Å². The van der Waals surface area contributed by atoms with Crippen molar-refractivity contribution >= 4 is 5.91 Å². The third-order valence-electron chi connectivity index (χ3n) is 4.36. The maximum absolute atomic E-state index is 12.8. The Balaban J connectivity index is 1.55. The number of aryl methyl sites for hydroxylation is 1. The highest BCUT2D eigenvalue weighted by Gasteiger charge is 2.35. The molecular weight excluding hydrogens is 351 g/mol. The van der Waals surface area contributed by atoms with Gasteiger partial charge in [-0.1, -0.05) is 0 Å². The van der Waals surface area contributed by atoms with E-state index in [2.05, 4.69) is 20.6 Å². The van der Waals surface area contributed by atoms with Crippen LogP contribution in [0.15, 0.2) is 6.20 Å². The molecule has 0 spiro atoms. The van der Waals surface area contributed by atoms with Crippen LogP contribution in [0.25, 0.3) is 0 Å². The summed E-state index contributed by atoms with van der Waals surface area (Å²) in [5.74, 6) is -0.341. The molecule has 0 radical (unpaired) electrons. The number of aromatic nitrogens is 4. The molecule has 1 aliphatic heterocycles. The van der Waals surface area contributed by atoms with Crippen LogP contribution in [0, 0.1) is 0 Å². The van der Waals surface area contributed by atoms with Crippen LogP contribution >= 0.6 is 0 Å². The van der Waals surface area contributed by atoms with E-state index in [-0.39, 0.29) is 36.6 Å². The lowest BCUT2D eigenvalue weighted by molar-refractivity contribution is -0.141. The van der Waals surface area contributed by atoms with E-state index in [1.54, 1.807) is 0 Å². The maximum Gasteiger partial charge on any atom is 0.433 e. The lowest BCUT2D eigenvalue weighted by atomic mass is 9.99. The van der Waals surface area contributed by atoms with Crippen molar-refractivity contribution in [2.75, 3.05) is 6.54 Å². The number of hydrogen-bond donors (Lipinski definition) is 3. The lowest BCUT2D eigenvalue weighted by Crippen LogP contribution is -2.28. The molecular formula is C16H20F3N5O2. The van der Waals surface area contributed by atoms with Crippen molar-refractivity contribution in [3.05, 3.63) is 34.4 Å². The smallest absolute Gasteiger partial charge is 0.369 e. The molecule has 1 aliphatic rings. The molecule has 0 saturated carbocycles. The van der Waals surface area contributed by atoms with E-state index in [1.807, 2.05) is 18.9 Å². The van der Waals surface area contributed by atoms with Crippen LogP contribution in [0.3, 0.4) is 0 Å².